The van der Waals surface area contributed by atoms with Crippen LogP contribution in [0.1, 0.15) is 35.3 Å². The summed E-state index contributed by atoms with van der Waals surface area (Å²) in [6.45, 7) is 2.08. The first-order valence-corrected chi connectivity index (χ1v) is 13.3. The van der Waals surface area contributed by atoms with E-state index < -0.39 is 0 Å². The number of benzene rings is 1. The lowest BCUT2D eigenvalue weighted by molar-refractivity contribution is -0.127. The Morgan fingerprint density at radius 2 is 1.91 bits per heavy atom. The van der Waals surface area contributed by atoms with Crippen LogP contribution in [0, 0.1) is 0 Å². The molecule has 0 fully saturated rings. The first kappa shape index (κ1) is 24.0. The van der Waals surface area contributed by atoms with Crippen molar-refractivity contribution in [2.75, 3.05) is 33.4 Å². The molecule has 0 spiro atoms. The van der Waals surface area contributed by atoms with Gasteiger partial charge in [0.25, 0.3) is 5.56 Å². The van der Waals surface area contributed by atoms with Crippen molar-refractivity contribution in [2.24, 2.45) is 0 Å². The van der Waals surface area contributed by atoms with Crippen LogP contribution >= 0.6 is 23.1 Å². The fraction of sp³-hybridized carbons (Fsp3) is 0.480. The molecular formula is C25H32N4O2S2. The Balaban J connectivity index is 1.57. The van der Waals surface area contributed by atoms with E-state index in [1.807, 2.05) is 56.0 Å². The molecule has 6 nitrogen and oxygen atoms in total. The van der Waals surface area contributed by atoms with Crippen LogP contribution in [0.2, 0.25) is 0 Å². The maximum absolute atomic E-state index is 13.6. The molecule has 33 heavy (non-hydrogen) atoms. The van der Waals surface area contributed by atoms with Gasteiger partial charge in [0.05, 0.1) is 11.1 Å². The molecule has 0 atom stereocenters. The fourth-order valence-electron chi connectivity index (χ4n) is 4.25. The Morgan fingerprint density at radius 3 is 2.67 bits per heavy atom. The lowest BCUT2D eigenvalue weighted by Gasteiger charge is -2.18. The van der Waals surface area contributed by atoms with Gasteiger partial charge in [0.1, 0.15) is 4.83 Å². The highest BCUT2D eigenvalue weighted by Crippen LogP contribution is 2.34. The van der Waals surface area contributed by atoms with E-state index in [1.165, 1.54) is 28.6 Å². The monoisotopic (exact) mass is 484 g/mol. The third-order valence-corrected chi connectivity index (χ3v) is 8.19. The molecule has 3 aromatic rings. The van der Waals surface area contributed by atoms with Crippen LogP contribution in [0.25, 0.3) is 10.2 Å². The molecule has 1 aliphatic rings. The van der Waals surface area contributed by atoms with Gasteiger partial charge < -0.3 is 9.80 Å². The van der Waals surface area contributed by atoms with E-state index in [1.54, 1.807) is 16.2 Å². The van der Waals surface area contributed by atoms with E-state index in [-0.39, 0.29) is 17.2 Å². The zero-order valence-electron chi connectivity index (χ0n) is 19.7. The summed E-state index contributed by atoms with van der Waals surface area (Å²) in [5.74, 6) is 0.295. The summed E-state index contributed by atoms with van der Waals surface area (Å²) >= 11 is 3.05. The van der Waals surface area contributed by atoms with Crippen molar-refractivity contribution in [1.82, 2.24) is 19.4 Å². The molecule has 8 heteroatoms. The number of aromatic nitrogens is 2. The molecule has 1 aliphatic carbocycles. The fourth-order valence-corrected chi connectivity index (χ4v) is 6.52. The number of hydrogen-bond acceptors (Lipinski definition) is 6. The Morgan fingerprint density at radius 1 is 1.15 bits per heavy atom. The molecule has 0 saturated carbocycles. The van der Waals surface area contributed by atoms with Gasteiger partial charge >= 0.3 is 0 Å². The predicted octanol–water partition coefficient (Wildman–Crippen LogP) is 4.04. The van der Waals surface area contributed by atoms with Gasteiger partial charge in [-0.25, -0.2) is 4.98 Å². The van der Waals surface area contributed by atoms with Crippen LogP contribution < -0.4 is 5.56 Å². The number of thioether (sulfide) groups is 1. The maximum Gasteiger partial charge on any atom is 0.263 e. The molecule has 0 saturated heterocycles. The van der Waals surface area contributed by atoms with Crippen molar-refractivity contribution in [2.45, 2.75) is 50.4 Å². The molecule has 0 unspecified atom stereocenters. The van der Waals surface area contributed by atoms with Crippen molar-refractivity contribution in [3.05, 3.63) is 56.7 Å². The van der Waals surface area contributed by atoms with Gasteiger partial charge in [0, 0.05) is 25.0 Å². The summed E-state index contributed by atoms with van der Waals surface area (Å²) in [5, 5.41) is 1.47. The average Bonchev–Trinajstić information content (AvgIpc) is 3.18. The third kappa shape index (κ3) is 5.67. The van der Waals surface area contributed by atoms with Gasteiger partial charge in [-0.15, -0.1) is 11.3 Å². The molecule has 1 aromatic carbocycles. The van der Waals surface area contributed by atoms with Crippen molar-refractivity contribution >= 4 is 39.2 Å². The normalized spacial score (nSPS) is 13.5. The molecule has 0 N–H and O–H groups in total. The number of hydrogen-bond donors (Lipinski definition) is 0. The van der Waals surface area contributed by atoms with Crippen molar-refractivity contribution in [1.29, 1.82) is 0 Å². The number of thiophene rings is 1. The van der Waals surface area contributed by atoms with Crippen molar-refractivity contribution in [3.8, 4) is 0 Å². The van der Waals surface area contributed by atoms with E-state index in [0.717, 1.165) is 48.0 Å². The number of amides is 1. The minimum absolute atomic E-state index is 0.0310. The number of carbonyl (C=O) groups is 1. The Labute approximate surface area is 203 Å². The van der Waals surface area contributed by atoms with E-state index in [4.69, 9.17) is 4.98 Å². The lowest BCUT2D eigenvalue weighted by Crippen LogP contribution is -2.29. The molecule has 4 rings (SSSR count). The average molecular weight is 485 g/mol. The summed E-state index contributed by atoms with van der Waals surface area (Å²) in [5.41, 5.74) is 2.38. The zero-order valence-corrected chi connectivity index (χ0v) is 21.3. The highest BCUT2D eigenvalue weighted by Gasteiger charge is 2.23. The minimum atomic E-state index is 0.0310. The second-order valence-electron chi connectivity index (χ2n) is 8.92. The number of carbonyl (C=O) groups excluding carboxylic acids is 1. The minimum Gasteiger partial charge on any atom is -0.341 e. The highest BCUT2D eigenvalue weighted by atomic mass is 32.2. The third-order valence-electron chi connectivity index (χ3n) is 6.04. The van der Waals surface area contributed by atoms with Crippen LogP contribution in [0.15, 0.2) is 40.3 Å². The highest BCUT2D eigenvalue weighted by molar-refractivity contribution is 7.99. The van der Waals surface area contributed by atoms with Gasteiger partial charge in [-0.05, 0) is 63.9 Å². The number of aryl methyl sites for hydroxylation is 2. The first-order valence-electron chi connectivity index (χ1n) is 11.5. The van der Waals surface area contributed by atoms with Crippen LogP contribution in [0.4, 0.5) is 0 Å². The van der Waals surface area contributed by atoms with Crippen molar-refractivity contribution < 1.29 is 4.79 Å². The molecule has 1 amide bonds. The summed E-state index contributed by atoms with van der Waals surface area (Å²) in [6.07, 6.45) is 5.20. The first-order chi connectivity index (χ1) is 15.9. The van der Waals surface area contributed by atoms with E-state index in [9.17, 15) is 9.59 Å². The Hall–Kier alpha value is -2.16. The van der Waals surface area contributed by atoms with Crippen LogP contribution in [-0.2, 0) is 30.7 Å². The molecule has 176 valence electrons. The quantitative estimate of drug-likeness (QED) is 0.339. The standard InChI is InChI=1S/C25H32N4O2S2/c1-27(2)14-9-15-29-24(31)22-19-12-7-8-13-20(19)33-23(22)26-25(29)32-17-21(30)28(3)16-18-10-5-4-6-11-18/h4-6,10-11H,7-9,12-17H2,1-3H3. The second kappa shape index (κ2) is 10.8. The topological polar surface area (TPSA) is 58.4 Å². The summed E-state index contributed by atoms with van der Waals surface area (Å²) < 4.78 is 1.81. The summed E-state index contributed by atoms with van der Waals surface area (Å²) in [6, 6.07) is 9.98. The van der Waals surface area contributed by atoms with Gasteiger partial charge in [0.2, 0.25) is 5.91 Å². The van der Waals surface area contributed by atoms with Gasteiger partial charge in [-0.3, -0.25) is 14.2 Å². The Kier molecular flexibility index (Phi) is 7.88. The van der Waals surface area contributed by atoms with Gasteiger partial charge in [-0.1, -0.05) is 42.1 Å². The molecule has 2 aromatic heterocycles. The van der Waals surface area contributed by atoms with Crippen LogP contribution in [0.5, 0.6) is 0 Å². The molecule has 0 radical (unpaired) electrons. The number of fused-ring (bicyclic) bond motifs is 3. The molecule has 0 bridgehead atoms. The van der Waals surface area contributed by atoms with Gasteiger partial charge in [-0.2, -0.15) is 0 Å². The van der Waals surface area contributed by atoms with Crippen LogP contribution in [-0.4, -0.2) is 58.7 Å². The maximum atomic E-state index is 13.6. The SMILES string of the molecule is CN(C)CCCn1c(SCC(=O)N(C)Cc2ccccc2)nc2sc3c(c2c1=O)CCCC3. The van der Waals surface area contributed by atoms with E-state index >= 15 is 0 Å². The number of nitrogens with zero attached hydrogens (tertiary/aromatic N) is 4. The van der Waals surface area contributed by atoms with E-state index in [2.05, 4.69) is 4.90 Å². The number of rotatable bonds is 9. The van der Waals surface area contributed by atoms with E-state index in [0.29, 0.717) is 18.2 Å². The molecule has 0 aliphatic heterocycles. The largest absolute Gasteiger partial charge is 0.341 e. The summed E-state index contributed by atoms with van der Waals surface area (Å²) in [4.78, 5) is 37.3. The molecule has 2 heterocycles. The zero-order chi connectivity index (χ0) is 23.4. The van der Waals surface area contributed by atoms with Crippen LogP contribution in [0.3, 0.4) is 0 Å². The second-order valence-corrected chi connectivity index (χ2v) is 10.9. The molecular weight excluding hydrogens is 452 g/mol. The summed E-state index contributed by atoms with van der Waals surface area (Å²) in [7, 11) is 5.90. The van der Waals surface area contributed by atoms with Crippen molar-refractivity contribution in [3.63, 3.8) is 0 Å². The lowest BCUT2D eigenvalue weighted by atomic mass is 9.97. The predicted molar refractivity (Wildman–Crippen MR) is 137 cm³/mol. The smallest absolute Gasteiger partial charge is 0.263 e. The van der Waals surface area contributed by atoms with Gasteiger partial charge in [0.15, 0.2) is 5.16 Å². The Bertz CT molecular complexity index is 1170.